The van der Waals surface area contributed by atoms with Gasteiger partial charge in [-0.05, 0) is 12.8 Å². The van der Waals surface area contributed by atoms with Crippen LogP contribution in [0.15, 0.2) is 0 Å². The molecule has 0 saturated heterocycles. The maximum atomic E-state index is 9.57. The molecular weight excluding hydrogens is 344 g/mol. The van der Waals surface area contributed by atoms with Gasteiger partial charge in [0.05, 0.1) is 0 Å². The molecule has 0 aromatic rings. The highest BCUT2D eigenvalue weighted by atomic mass is 16.5. The quantitative estimate of drug-likeness (QED) is 0.168. The highest BCUT2D eigenvalue weighted by molar-refractivity contribution is 4.73. The fourth-order valence-electron chi connectivity index (χ4n) is 4.16. The summed E-state index contributed by atoms with van der Waals surface area (Å²) >= 11 is 0. The molecule has 0 aromatic heterocycles. The van der Waals surface area contributed by atoms with Crippen molar-refractivity contribution in [3.8, 4) is 0 Å². The second-order valence-electron chi connectivity index (χ2n) is 9.00. The molecule has 0 rings (SSSR count). The normalized spacial score (nSPS) is 11.8. The van der Waals surface area contributed by atoms with E-state index < -0.39 is 0 Å². The molecule has 0 fully saturated rings. The molecule has 0 unspecified atom stereocenters. The number of aliphatic hydroxyl groups is 2. The Morgan fingerprint density at radius 2 is 0.679 bits per heavy atom. The summed E-state index contributed by atoms with van der Waals surface area (Å²) in [7, 11) is 0. The fraction of sp³-hybridized carbons (Fsp3) is 0.962. The molecule has 0 amide bonds. The van der Waals surface area contributed by atoms with Crippen LogP contribution in [0, 0.1) is 12.2 Å². The van der Waals surface area contributed by atoms with E-state index in [1.54, 1.807) is 0 Å². The third-order valence-electron chi connectivity index (χ3n) is 6.18. The summed E-state index contributed by atoms with van der Waals surface area (Å²) < 4.78 is 0. The average Bonchev–Trinajstić information content (AvgIpc) is 2.68. The van der Waals surface area contributed by atoms with E-state index in [1.807, 2.05) is 0 Å². The van der Waals surface area contributed by atoms with Crippen molar-refractivity contribution in [2.75, 3.05) is 0 Å². The lowest BCUT2D eigenvalue weighted by Crippen LogP contribution is -2.11. The van der Waals surface area contributed by atoms with Crippen molar-refractivity contribution in [1.82, 2.24) is 0 Å². The van der Waals surface area contributed by atoms with Crippen molar-refractivity contribution in [2.24, 2.45) is 5.92 Å². The Morgan fingerprint density at radius 1 is 0.429 bits per heavy atom. The third kappa shape index (κ3) is 20.6. The molecule has 2 N–H and O–H groups in total. The van der Waals surface area contributed by atoms with Crippen molar-refractivity contribution in [3.05, 3.63) is 6.29 Å². The fourth-order valence-corrected chi connectivity index (χ4v) is 4.16. The third-order valence-corrected chi connectivity index (χ3v) is 6.18. The van der Waals surface area contributed by atoms with Gasteiger partial charge in [0.25, 0.3) is 0 Å². The second kappa shape index (κ2) is 23.2. The SMILES string of the molecule is CCCCCCCCCCCCC(CCCCCCCCCCCC)[C](O)O. The first kappa shape index (κ1) is 27.9. The van der Waals surface area contributed by atoms with E-state index in [1.165, 1.54) is 116 Å². The molecular formula is C26H53O2. The molecule has 0 saturated carbocycles. The van der Waals surface area contributed by atoms with Crippen LogP contribution >= 0.6 is 0 Å². The minimum Gasteiger partial charge on any atom is -0.361 e. The van der Waals surface area contributed by atoms with Crippen molar-refractivity contribution in [2.45, 2.75) is 155 Å². The van der Waals surface area contributed by atoms with Gasteiger partial charge in [-0.1, -0.05) is 142 Å². The van der Waals surface area contributed by atoms with Gasteiger partial charge in [-0.15, -0.1) is 0 Å². The van der Waals surface area contributed by atoms with Crippen LogP contribution in [-0.2, 0) is 0 Å². The molecule has 0 heterocycles. The van der Waals surface area contributed by atoms with Gasteiger partial charge in [-0.2, -0.15) is 0 Å². The van der Waals surface area contributed by atoms with Gasteiger partial charge in [0.15, 0.2) is 0 Å². The minimum atomic E-state index is -0.313. The zero-order valence-electron chi connectivity index (χ0n) is 19.5. The Bertz CT molecular complexity index is 254. The van der Waals surface area contributed by atoms with Crippen molar-refractivity contribution in [1.29, 1.82) is 0 Å². The highest BCUT2D eigenvalue weighted by Crippen LogP contribution is 2.24. The predicted octanol–water partition coefficient (Wildman–Crippen LogP) is 9.46. The molecule has 2 nitrogen and oxygen atoms in total. The molecule has 0 aliphatic carbocycles. The van der Waals surface area contributed by atoms with Gasteiger partial charge >= 0.3 is 0 Å². The van der Waals surface area contributed by atoms with Crippen LogP contribution in [0.25, 0.3) is 0 Å². The van der Waals surface area contributed by atoms with E-state index in [0.29, 0.717) is 0 Å². The van der Waals surface area contributed by atoms with Crippen LogP contribution in [-0.4, -0.2) is 10.2 Å². The van der Waals surface area contributed by atoms with Crippen LogP contribution in [0.5, 0.6) is 0 Å². The van der Waals surface area contributed by atoms with Crippen molar-refractivity contribution in [3.63, 3.8) is 0 Å². The number of rotatable bonds is 23. The molecule has 0 aliphatic rings. The summed E-state index contributed by atoms with van der Waals surface area (Å²) in [6, 6.07) is 0. The van der Waals surface area contributed by atoms with Gasteiger partial charge in [0, 0.05) is 5.92 Å². The van der Waals surface area contributed by atoms with E-state index in [2.05, 4.69) is 13.8 Å². The van der Waals surface area contributed by atoms with Crippen LogP contribution < -0.4 is 0 Å². The summed E-state index contributed by atoms with van der Waals surface area (Å²) in [5.74, 6) is 0.0167. The zero-order valence-corrected chi connectivity index (χ0v) is 19.5. The Morgan fingerprint density at radius 3 is 0.929 bits per heavy atom. The van der Waals surface area contributed by atoms with Crippen molar-refractivity contribution < 1.29 is 10.2 Å². The Kier molecular flexibility index (Phi) is 23.1. The minimum absolute atomic E-state index is 0.0167. The van der Waals surface area contributed by atoms with Crippen LogP contribution in [0.2, 0.25) is 0 Å². The summed E-state index contributed by atoms with van der Waals surface area (Å²) in [4.78, 5) is 0. The Labute approximate surface area is 177 Å². The van der Waals surface area contributed by atoms with E-state index in [-0.39, 0.29) is 12.2 Å². The van der Waals surface area contributed by atoms with E-state index in [9.17, 15) is 10.2 Å². The average molecular weight is 398 g/mol. The topological polar surface area (TPSA) is 40.5 Å². The molecule has 1 radical (unpaired) electrons. The summed E-state index contributed by atoms with van der Waals surface area (Å²) in [5, 5.41) is 19.1. The number of aliphatic hydroxyl groups excluding tert-OH is 1. The van der Waals surface area contributed by atoms with Crippen molar-refractivity contribution >= 4 is 0 Å². The first-order valence-electron chi connectivity index (χ1n) is 13.0. The predicted molar refractivity (Wildman–Crippen MR) is 124 cm³/mol. The molecule has 0 atom stereocenters. The first-order chi connectivity index (χ1) is 13.7. The molecule has 0 aliphatic heterocycles. The van der Waals surface area contributed by atoms with Gasteiger partial charge in [0.1, 0.15) is 0 Å². The lowest BCUT2D eigenvalue weighted by atomic mass is 9.93. The lowest BCUT2D eigenvalue weighted by molar-refractivity contribution is 0.0254. The van der Waals surface area contributed by atoms with E-state index >= 15 is 0 Å². The zero-order chi connectivity index (χ0) is 20.7. The second-order valence-corrected chi connectivity index (χ2v) is 9.00. The standard InChI is InChI=1S/C26H53O2/c1-3-5-7-9-11-13-15-17-19-21-23-25(26(27)28)24-22-20-18-16-14-12-10-8-6-4-2/h25,27-28H,3-24H2,1-2H3. The molecule has 169 valence electrons. The van der Waals surface area contributed by atoms with Gasteiger partial charge < -0.3 is 10.2 Å². The first-order valence-corrected chi connectivity index (χ1v) is 13.0. The van der Waals surface area contributed by atoms with E-state index in [0.717, 1.165) is 25.7 Å². The number of hydrogen-bond donors (Lipinski definition) is 2. The largest absolute Gasteiger partial charge is 0.361 e. The maximum absolute atomic E-state index is 9.57. The summed E-state index contributed by atoms with van der Waals surface area (Å²) in [6.45, 7) is 4.54. The maximum Gasteiger partial charge on any atom is 0.221 e. The number of hydrogen-bond acceptors (Lipinski definition) is 2. The van der Waals surface area contributed by atoms with Crippen LogP contribution in [0.4, 0.5) is 0 Å². The molecule has 0 aromatic carbocycles. The summed E-state index contributed by atoms with van der Waals surface area (Å²) in [5.41, 5.74) is 0. The molecule has 28 heavy (non-hydrogen) atoms. The Hall–Kier alpha value is -0.0800. The monoisotopic (exact) mass is 397 g/mol. The molecule has 2 heteroatoms. The van der Waals surface area contributed by atoms with E-state index in [4.69, 9.17) is 0 Å². The van der Waals surface area contributed by atoms with Gasteiger partial charge in [0.2, 0.25) is 6.29 Å². The van der Waals surface area contributed by atoms with Gasteiger partial charge in [-0.3, -0.25) is 0 Å². The Balaban J connectivity index is 3.44. The molecule has 0 spiro atoms. The summed E-state index contributed by atoms with van der Waals surface area (Å²) in [6.07, 6.45) is 28.3. The number of unbranched alkanes of at least 4 members (excludes halogenated alkanes) is 18. The van der Waals surface area contributed by atoms with Crippen LogP contribution in [0.3, 0.4) is 0 Å². The highest BCUT2D eigenvalue weighted by Gasteiger charge is 2.17. The van der Waals surface area contributed by atoms with Crippen LogP contribution in [0.1, 0.15) is 155 Å². The lowest BCUT2D eigenvalue weighted by Gasteiger charge is -2.17. The molecule has 0 bridgehead atoms. The smallest absolute Gasteiger partial charge is 0.221 e. The van der Waals surface area contributed by atoms with Gasteiger partial charge in [-0.25, -0.2) is 0 Å².